The molecule has 0 spiro atoms. The predicted octanol–water partition coefficient (Wildman–Crippen LogP) is 3.92. The van der Waals surface area contributed by atoms with E-state index in [9.17, 15) is 4.79 Å². The fraction of sp³-hybridized carbons (Fsp3) is 0.562. The van der Waals surface area contributed by atoms with Gasteiger partial charge >= 0.3 is 0 Å². The van der Waals surface area contributed by atoms with Crippen LogP contribution in [0.15, 0.2) is 24.3 Å². The van der Waals surface area contributed by atoms with Gasteiger partial charge in [-0.3, -0.25) is 4.79 Å². The highest BCUT2D eigenvalue weighted by atomic mass is 32.2. The minimum atomic E-state index is 0.0150. The average molecular weight is 279 g/mol. The second-order valence-corrected chi connectivity index (χ2v) is 6.21. The van der Waals surface area contributed by atoms with Crippen LogP contribution in [0.1, 0.15) is 44.2 Å². The van der Waals surface area contributed by atoms with E-state index in [4.69, 9.17) is 0 Å². The molecule has 1 N–H and O–H groups in total. The summed E-state index contributed by atoms with van der Waals surface area (Å²) in [5.41, 5.74) is 2.61. The van der Waals surface area contributed by atoms with Crippen LogP contribution >= 0.6 is 11.8 Å². The van der Waals surface area contributed by atoms with Crippen LogP contribution in [-0.2, 0) is 10.5 Å². The minimum absolute atomic E-state index is 0.0150. The van der Waals surface area contributed by atoms with Gasteiger partial charge in [-0.25, -0.2) is 0 Å². The average Bonchev–Trinajstić information content (AvgIpc) is 2.42. The van der Waals surface area contributed by atoms with Crippen LogP contribution < -0.4 is 5.32 Å². The summed E-state index contributed by atoms with van der Waals surface area (Å²) in [5.74, 6) is 1.06. The van der Waals surface area contributed by atoms with Gasteiger partial charge in [-0.05, 0) is 31.4 Å². The Kier molecular flexibility index (Phi) is 7.65. The van der Waals surface area contributed by atoms with Crippen LogP contribution in [0.25, 0.3) is 0 Å². The van der Waals surface area contributed by atoms with E-state index in [1.807, 2.05) is 13.0 Å². The molecule has 1 amide bonds. The molecule has 1 unspecified atom stereocenters. The number of rotatable bonds is 8. The summed E-state index contributed by atoms with van der Waals surface area (Å²) in [6.07, 6.45) is 3.45. The molecule has 1 aromatic rings. The second kappa shape index (κ2) is 9.03. The Bertz CT molecular complexity index is 392. The molecule has 19 heavy (non-hydrogen) atoms. The van der Waals surface area contributed by atoms with Gasteiger partial charge in [0, 0.05) is 12.3 Å². The van der Waals surface area contributed by atoms with Crippen molar-refractivity contribution in [3.63, 3.8) is 0 Å². The zero-order valence-electron chi connectivity index (χ0n) is 12.2. The number of thioether (sulfide) groups is 1. The van der Waals surface area contributed by atoms with Gasteiger partial charge in [-0.1, -0.05) is 44.0 Å². The lowest BCUT2D eigenvalue weighted by atomic mass is 10.1. The Balaban J connectivity index is 2.28. The quantitative estimate of drug-likeness (QED) is 0.731. The maximum Gasteiger partial charge on any atom is 0.232 e. The number of hydrogen-bond donors (Lipinski definition) is 1. The van der Waals surface area contributed by atoms with E-state index in [0.717, 1.165) is 18.7 Å². The largest absolute Gasteiger partial charge is 0.355 e. The molecular formula is C16H25NOS. The normalized spacial score (nSPS) is 12.2. The van der Waals surface area contributed by atoms with Crippen LogP contribution in [0.2, 0.25) is 0 Å². The Morgan fingerprint density at radius 2 is 2.05 bits per heavy atom. The van der Waals surface area contributed by atoms with E-state index < -0.39 is 0 Å². The molecule has 0 radical (unpaired) electrons. The highest BCUT2D eigenvalue weighted by Gasteiger charge is 2.12. The van der Waals surface area contributed by atoms with Crippen LogP contribution in [0.5, 0.6) is 0 Å². The molecule has 0 heterocycles. The van der Waals surface area contributed by atoms with E-state index >= 15 is 0 Å². The lowest BCUT2D eigenvalue weighted by Crippen LogP contribution is -2.31. The molecule has 3 heteroatoms. The van der Waals surface area contributed by atoms with E-state index in [1.54, 1.807) is 11.8 Å². The molecule has 0 bridgehead atoms. The molecule has 0 saturated heterocycles. The minimum Gasteiger partial charge on any atom is -0.355 e. The predicted molar refractivity (Wildman–Crippen MR) is 84.5 cm³/mol. The third kappa shape index (κ3) is 6.15. The molecular weight excluding hydrogens is 254 g/mol. The van der Waals surface area contributed by atoms with Crippen LogP contribution in [0.4, 0.5) is 0 Å². The van der Waals surface area contributed by atoms with Crippen molar-refractivity contribution in [2.75, 3.05) is 6.54 Å². The zero-order chi connectivity index (χ0) is 14.1. The lowest BCUT2D eigenvalue weighted by molar-refractivity contribution is -0.120. The molecule has 1 atom stereocenters. The fourth-order valence-electron chi connectivity index (χ4n) is 1.79. The molecule has 2 nitrogen and oxygen atoms in total. The number of carbonyl (C=O) groups is 1. The highest BCUT2D eigenvalue weighted by molar-refractivity contribution is 7.99. The Morgan fingerprint density at radius 1 is 1.32 bits per heavy atom. The smallest absolute Gasteiger partial charge is 0.232 e. The monoisotopic (exact) mass is 279 g/mol. The van der Waals surface area contributed by atoms with Gasteiger partial charge in [-0.15, -0.1) is 11.8 Å². The summed E-state index contributed by atoms with van der Waals surface area (Å²) in [5, 5.41) is 3.02. The summed E-state index contributed by atoms with van der Waals surface area (Å²) >= 11 is 1.70. The molecule has 0 aromatic heterocycles. The van der Waals surface area contributed by atoms with Gasteiger partial charge in [-0.2, -0.15) is 0 Å². The van der Waals surface area contributed by atoms with Crippen molar-refractivity contribution in [3.05, 3.63) is 35.4 Å². The van der Waals surface area contributed by atoms with E-state index in [2.05, 4.69) is 37.4 Å². The van der Waals surface area contributed by atoms with E-state index in [-0.39, 0.29) is 11.2 Å². The standard InChI is InChI=1S/C16H25NOS/c1-4-5-8-11-17-16(18)14(3)19-12-15-10-7-6-9-13(15)2/h6-7,9-10,14H,4-5,8,11-12H2,1-3H3,(H,17,18). The highest BCUT2D eigenvalue weighted by Crippen LogP contribution is 2.20. The molecule has 1 rings (SSSR count). The molecule has 0 saturated carbocycles. The summed E-state index contributed by atoms with van der Waals surface area (Å²) in [7, 11) is 0. The topological polar surface area (TPSA) is 29.1 Å². The van der Waals surface area contributed by atoms with Gasteiger partial charge in [0.2, 0.25) is 5.91 Å². The number of amides is 1. The summed E-state index contributed by atoms with van der Waals surface area (Å²) < 4.78 is 0. The summed E-state index contributed by atoms with van der Waals surface area (Å²) in [4.78, 5) is 11.9. The van der Waals surface area contributed by atoms with Crippen molar-refractivity contribution in [2.45, 2.75) is 51.0 Å². The van der Waals surface area contributed by atoms with Crippen LogP contribution in [0, 0.1) is 6.92 Å². The third-order valence-corrected chi connectivity index (χ3v) is 4.39. The van der Waals surface area contributed by atoms with Crippen molar-refractivity contribution in [1.82, 2.24) is 5.32 Å². The van der Waals surface area contributed by atoms with Crippen molar-refractivity contribution in [2.24, 2.45) is 0 Å². The summed E-state index contributed by atoms with van der Waals surface area (Å²) in [6, 6.07) is 8.35. The molecule has 1 aromatic carbocycles. The molecule has 106 valence electrons. The number of nitrogens with one attached hydrogen (secondary N) is 1. The van der Waals surface area contributed by atoms with E-state index in [0.29, 0.717) is 0 Å². The Hall–Kier alpha value is -0.960. The maximum atomic E-state index is 11.9. The van der Waals surface area contributed by atoms with Crippen molar-refractivity contribution < 1.29 is 4.79 Å². The Morgan fingerprint density at radius 3 is 2.74 bits per heavy atom. The SMILES string of the molecule is CCCCCNC(=O)C(C)SCc1ccccc1C. The molecule has 0 aliphatic heterocycles. The third-order valence-electron chi connectivity index (χ3n) is 3.20. The number of benzene rings is 1. The second-order valence-electron chi connectivity index (χ2n) is 4.88. The lowest BCUT2D eigenvalue weighted by Gasteiger charge is -2.12. The van der Waals surface area contributed by atoms with Gasteiger partial charge in [0.05, 0.1) is 5.25 Å². The zero-order valence-corrected chi connectivity index (χ0v) is 13.1. The van der Waals surface area contributed by atoms with Crippen molar-refractivity contribution in [3.8, 4) is 0 Å². The van der Waals surface area contributed by atoms with E-state index in [1.165, 1.54) is 24.0 Å². The van der Waals surface area contributed by atoms with Gasteiger partial charge < -0.3 is 5.32 Å². The van der Waals surface area contributed by atoms with Gasteiger partial charge in [0.1, 0.15) is 0 Å². The number of hydrogen-bond acceptors (Lipinski definition) is 2. The molecule has 0 fully saturated rings. The fourth-order valence-corrected chi connectivity index (χ4v) is 2.78. The maximum absolute atomic E-state index is 11.9. The first-order chi connectivity index (χ1) is 9.15. The molecule has 0 aliphatic carbocycles. The molecule has 0 aliphatic rings. The number of aryl methyl sites for hydroxylation is 1. The first-order valence-electron chi connectivity index (χ1n) is 7.09. The first-order valence-corrected chi connectivity index (χ1v) is 8.13. The van der Waals surface area contributed by atoms with Crippen LogP contribution in [-0.4, -0.2) is 17.7 Å². The van der Waals surface area contributed by atoms with Crippen molar-refractivity contribution >= 4 is 17.7 Å². The summed E-state index contributed by atoms with van der Waals surface area (Å²) in [6.45, 7) is 7.08. The van der Waals surface area contributed by atoms with Crippen molar-refractivity contribution in [1.29, 1.82) is 0 Å². The Labute approximate surface area is 121 Å². The van der Waals surface area contributed by atoms with Gasteiger partial charge in [0.15, 0.2) is 0 Å². The van der Waals surface area contributed by atoms with Crippen LogP contribution in [0.3, 0.4) is 0 Å². The number of unbranched alkanes of at least 4 members (excludes halogenated alkanes) is 2. The number of carbonyl (C=O) groups excluding carboxylic acids is 1. The first kappa shape index (κ1) is 16.1. The van der Waals surface area contributed by atoms with Gasteiger partial charge in [0.25, 0.3) is 0 Å².